The lowest BCUT2D eigenvalue weighted by Gasteiger charge is -2.33. The van der Waals surface area contributed by atoms with Gasteiger partial charge < -0.3 is 15.0 Å². The fourth-order valence-electron chi connectivity index (χ4n) is 2.14. The zero-order valence-electron chi connectivity index (χ0n) is 11.8. The van der Waals surface area contributed by atoms with Crippen LogP contribution in [0.1, 0.15) is 19.2 Å². The summed E-state index contributed by atoms with van der Waals surface area (Å²) in [6.07, 6.45) is 1.20. The molecule has 1 aromatic heterocycles. The van der Waals surface area contributed by atoms with Crippen LogP contribution >= 0.6 is 11.8 Å². The standard InChI is InChI=1S/C13H22N4OS/c1-4-10-8-17(5-6-19-10)13-7-11(14-2)15-12(16-13)9-18-3/h7,10H,4-6,8-9H2,1-3H3,(H,14,15,16). The van der Waals surface area contributed by atoms with E-state index in [-0.39, 0.29) is 0 Å². The van der Waals surface area contributed by atoms with Gasteiger partial charge in [-0.1, -0.05) is 6.92 Å². The molecule has 1 N–H and O–H groups in total. The minimum absolute atomic E-state index is 0.447. The van der Waals surface area contributed by atoms with Crippen LogP contribution in [0.3, 0.4) is 0 Å². The summed E-state index contributed by atoms with van der Waals surface area (Å²) in [4.78, 5) is 11.4. The van der Waals surface area contributed by atoms with Gasteiger partial charge >= 0.3 is 0 Å². The average Bonchev–Trinajstić information content (AvgIpc) is 2.47. The van der Waals surface area contributed by atoms with Crippen LogP contribution in [0.4, 0.5) is 11.6 Å². The Hall–Kier alpha value is -1.01. The number of hydrogen-bond donors (Lipinski definition) is 1. The highest BCUT2D eigenvalue weighted by molar-refractivity contribution is 8.00. The summed E-state index contributed by atoms with van der Waals surface area (Å²) in [6.45, 7) is 4.81. The summed E-state index contributed by atoms with van der Waals surface area (Å²) in [5.41, 5.74) is 0. The van der Waals surface area contributed by atoms with Gasteiger partial charge in [0.15, 0.2) is 5.82 Å². The van der Waals surface area contributed by atoms with E-state index in [1.54, 1.807) is 7.11 Å². The molecule has 1 aliphatic heterocycles. The fourth-order valence-corrected chi connectivity index (χ4v) is 3.32. The van der Waals surface area contributed by atoms with Crippen molar-refractivity contribution in [1.29, 1.82) is 0 Å². The van der Waals surface area contributed by atoms with Gasteiger partial charge in [0.2, 0.25) is 0 Å². The molecule has 1 atom stereocenters. The van der Waals surface area contributed by atoms with Crippen molar-refractivity contribution in [2.75, 3.05) is 43.2 Å². The molecule has 19 heavy (non-hydrogen) atoms. The Morgan fingerprint density at radius 3 is 3.05 bits per heavy atom. The maximum absolute atomic E-state index is 5.14. The fraction of sp³-hybridized carbons (Fsp3) is 0.692. The lowest BCUT2D eigenvalue weighted by Crippen LogP contribution is -2.38. The molecule has 0 bridgehead atoms. The van der Waals surface area contributed by atoms with Crippen molar-refractivity contribution in [3.05, 3.63) is 11.9 Å². The van der Waals surface area contributed by atoms with Gasteiger partial charge in [-0.3, -0.25) is 0 Å². The quantitative estimate of drug-likeness (QED) is 0.891. The van der Waals surface area contributed by atoms with Crippen LogP contribution in [-0.2, 0) is 11.3 Å². The Morgan fingerprint density at radius 1 is 1.53 bits per heavy atom. The third-order valence-electron chi connectivity index (χ3n) is 3.21. The zero-order valence-corrected chi connectivity index (χ0v) is 12.7. The average molecular weight is 282 g/mol. The first-order valence-electron chi connectivity index (χ1n) is 6.68. The molecule has 1 fully saturated rings. The number of hydrogen-bond acceptors (Lipinski definition) is 6. The lowest BCUT2D eigenvalue weighted by atomic mass is 10.3. The van der Waals surface area contributed by atoms with Crippen LogP contribution < -0.4 is 10.2 Å². The summed E-state index contributed by atoms with van der Waals surface area (Å²) in [5, 5.41) is 3.79. The van der Waals surface area contributed by atoms with Crippen molar-refractivity contribution < 1.29 is 4.74 Å². The SMILES string of the molecule is CCC1CN(c2cc(NC)nc(COC)n2)CCS1. The van der Waals surface area contributed by atoms with Gasteiger partial charge in [-0.2, -0.15) is 11.8 Å². The van der Waals surface area contributed by atoms with Crippen molar-refractivity contribution in [2.24, 2.45) is 0 Å². The lowest BCUT2D eigenvalue weighted by molar-refractivity contribution is 0.178. The van der Waals surface area contributed by atoms with E-state index in [2.05, 4.69) is 38.9 Å². The maximum atomic E-state index is 5.14. The molecule has 0 saturated carbocycles. The van der Waals surface area contributed by atoms with Gasteiger partial charge in [0.05, 0.1) is 0 Å². The van der Waals surface area contributed by atoms with E-state index in [1.165, 1.54) is 6.42 Å². The van der Waals surface area contributed by atoms with E-state index in [0.29, 0.717) is 11.9 Å². The molecule has 0 spiro atoms. The Kier molecular flexibility index (Phi) is 5.27. The van der Waals surface area contributed by atoms with Crippen LogP contribution in [0.25, 0.3) is 0 Å². The Balaban J connectivity index is 2.19. The van der Waals surface area contributed by atoms with Gasteiger partial charge in [-0.05, 0) is 6.42 Å². The van der Waals surface area contributed by atoms with Crippen LogP contribution in [0, 0.1) is 0 Å². The van der Waals surface area contributed by atoms with Gasteiger partial charge in [-0.15, -0.1) is 0 Å². The van der Waals surface area contributed by atoms with Crippen LogP contribution in [0.15, 0.2) is 6.07 Å². The molecule has 0 aromatic carbocycles. The number of nitrogens with one attached hydrogen (secondary N) is 1. The first-order chi connectivity index (χ1) is 9.26. The van der Waals surface area contributed by atoms with E-state index >= 15 is 0 Å². The number of ether oxygens (including phenoxy) is 1. The predicted molar refractivity (Wildman–Crippen MR) is 81.0 cm³/mol. The van der Waals surface area contributed by atoms with E-state index in [0.717, 1.165) is 36.3 Å². The molecule has 2 heterocycles. The predicted octanol–water partition coefficient (Wildman–Crippen LogP) is 2.00. The molecule has 0 radical (unpaired) electrons. The first-order valence-corrected chi connectivity index (χ1v) is 7.73. The van der Waals surface area contributed by atoms with Gasteiger partial charge in [0.25, 0.3) is 0 Å². The Labute approximate surface area is 119 Å². The molecule has 0 amide bonds. The summed E-state index contributed by atoms with van der Waals surface area (Å²) in [5.74, 6) is 3.75. The molecular formula is C13H22N4OS. The number of methoxy groups -OCH3 is 1. The smallest absolute Gasteiger partial charge is 0.158 e. The molecule has 2 rings (SSSR count). The van der Waals surface area contributed by atoms with Crippen molar-refractivity contribution in [3.8, 4) is 0 Å². The molecule has 1 aromatic rings. The highest BCUT2D eigenvalue weighted by Crippen LogP contribution is 2.25. The minimum atomic E-state index is 0.447. The van der Waals surface area contributed by atoms with Gasteiger partial charge in [0.1, 0.15) is 18.2 Å². The summed E-state index contributed by atoms with van der Waals surface area (Å²) in [7, 11) is 3.54. The molecular weight excluding hydrogens is 260 g/mol. The second kappa shape index (κ2) is 6.96. The first kappa shape index (κ1) is 14.4. The monoisotopic (exact) mass is 282 g/mol. The second-order valence-corrected chi connectivity index (χ2v) is 5.97. The maximum Gasteiger partial charge on any atom is 0.158 e. The van der Waals surface area contributed by atoms with Crippen molar-refractivity contribution >= 4 is 23.4 Å². The zero-order chi connectivity index (χ0) is 13.7. The summed E-state index contributed by atoms with van der Waals surface area (Å²) < 4.78 is 5.14. The van der Waals surface area contributed by atoms with Gasteiger partial charge in [0, 0.05) is 44.3 Å². The van der Waals surface area contributed by atoms with Crippen LogP contribution in [-0.4, -0.2) is 48.2 Å². The number of aromatic nitrogens is 2. The Morgan fingerprint density at radius 2 is 2.37 bits per heavy atom. The third kappa shape index (κ3) is 3.73. The Bertz CT molecular complexity index is 416. The molecule has 6 heteroatoms. The molecule has 1 aliphatic rings. The second-order valence-electron chi connectivity index (χ2n) is 4.56. The number of thioether (sulfide) groups is 1. The summed E-state index contributed by atoms with van der Waals surface area (Å²) in [6, 6.07) is 2.02. The van der Waals surface area contributed by atoms with Crippen LogP contribution in [0.5, 0.6) is 0 Å². The molecule has 1 unspecified atom stereocenters. The highest BCUT2D eigenvalue weighted by Gasteiger charge is 2.21. The summed E-state index contributed by atoms with van der Waals surface area (Å²) >= 11 is 2.06. The van der Waals surface area contributed by atoms with Gasteiger partial charge in [-0.25, -0.2) is 9.97 Å². The number of anilines is 2. The molecule has 1 saturated heterocycles. The number of nitrogens with zero attached hydrogens (tertiary/aromatic N) is 3. The van der Waals surface area contributed by atoms with Crippen molar-refractivity contribution in [2.45, 2.75) is 25.2 Å². The van der Waals surface area contributed by atoms with Crippen LogP contribution in [0.2, 0.25) is 0 Å². The van der Waals surface area contributed by atoms with Crippen molar-refractivity contribution in [1.82, 2.24) is 9.97 Å². The van der Waals surface area contributed by atoms with E-state index in [9.17, 15) is 0 Å². The molecule has 5 nitrogen and oxygen atoms in total. The topological polar surface area (TPSA) is 50.3 Å². The molecule has 106 valence electrons. The van der Waals surface area contributed by atoms with E-state index in [4.69, 9.17) is 4.74 Å². The third-order valence-corrected chi connectivity index (χ3v) is 4.58. The van der Waals surface area contributed by atoms with Crippen molar-refractivity contribution in [3.63, 3.8) is 0 Å². The van der Waals surface area contributed by atoms with E-state index in [1.807, 2.05) is 13.1 Å². The molecule has 0 aliphatic carbocycles. The van der Waals surface area contributed by atoms with E-state index < -0.39 is 0 Å². The largest absolute Gasteiger partial charge is 0.377 e. The highest BCUT2D eigenvalue weighted by atomic mass is 32.2. The normalized spacial score (nSPS) is 19.5. The number of rotatable bonds is 5. The minimum Gasteiger partial charge on any atom is -0.377 e.